The van der Waals surface area contributed by atoms with Crippen molar-refractivity contribution >= 4 is 5.97 Å². The molecule has 4 heteroatoms. The van der Waals surface area contributed by atoms with Gasteiger partial charge in [0.15, 0.2) is 6.61 Å². The van der Waals surface area contributed by atoms with Gasteiger partial charge in [0.2, 0.25) is 0 Å². The van der Waals surface area contributed by atoms with Crippen molar-refractivity contribution in [2.45, 2.75) is 26.4 Å². The van der Waals surface area contributed by atoms with E-state index in [2.05, 4.69) is 6.92 Å². The molecule has 0 aliphatic heterocycles. The van der Waals surface area contributed by atoms with Gasteiger partial charge < -0.3 is 14.6 Å². The summed E-state index contributed by atoms with van der Waals surface area (Å²) in [6.07, 6.45) is 1.11. The summed E-state index contributed by atoms with van der Waals surface area (Å²) in [4.78, 5) is 10.3. The van der Waals surface area contributed by atoms with Gasteiger partial charge in [0.05, 0.1) is 6.10 Å². The highest BCUT2D eigenvalue weighted by Crippen LogP contribution is 2.19. The van der Waals surface area contributed by atoms with E-state index in [1.165, 1.54) is 0 Å². The first-order valence-corrected chi connectivity index (χ1v) is 5.23. The number of carbonyl (C=O) groups is 1. The molecule has 0 fully saturated rings. The van der Waals surface area contributed by atoms with Crippen LogP contribution in [0.25, 0.3) is 0 Å². The van der Waals surface area contributed by atoms with Crippen LogP contribution in [0, 0.1) is 0 Å². The van der Waals surface area contributed by atoms with Gasteiger partial charge >= 0.3 is 5.97 Å². The van der Waals surface area contributed by atoms with E-state index in [4.69, 9.17) is 14.6 Å². The normalized spacial score (nSPS) is 11.9. The maximum absolute atomic E-state index is 10.3. The summed E-state index contributed by atoms with van der Waals surface area (Å²) in [6.45, 7) is 3.72. The van der Waals surface area contributed by atoms with Crippen molar-refractivity contribution in [3.63, 3.8) is 0 Å². The highest BCUT2D eigenvalue weighted by Gasteiger charge is 2.02. The third-order valence-corrected chi connectivity index (χ3v) is 2.10. The van der Waals surface area contributed by atoms with Crippen LogP contribution in [0.2, 0.25) is 0 Å². The molecule has 4 nitrogen and oxygen atoms in total. The van der Waals surface area contributed by atoms with Gasteiger partial charge in [-0.1, -0.05) is 6.92 Å². The number of aliphatic carboxylic acids is 1. The third-order valence-electron chi connectivity index (χ3n) is 2.10. The molecule has 1 aromatic rings. The lowest BCUT2D eigenvalue weighted by molar-refractivity contribution is -0.139. The number of hydrogen-bond acceptors (Lipinski definition) is 3. The number of carboxylic acids is 1. The molecule has 0 amide bonds. The number of benzene rings is 1. The van der Waals surface area contributed by atoms with Crippen molar-refractivity contribution in [2.24, 2.45) is 0 Å². The Morgan fingerprint density at radius 2 is 1.88 bits per heavy atom. The molecule has 0 heterocycles. The molecular formula is C12H16O4. The molecule has 0 bridgehead atoms. The minimum absolute atomic E-state index is 0.172. The van der Waals surface area contributed by atoms with E-state index in [0.29, 0.717) is 5.75 Å². The lowest BCUT2D eigenvalue weighted by atomic mass is 10.3. The van der Waals surface area contributed by atoms with Crippen LogP contribution in [-0.2, 0) is 4.79 Å². The van der Waals surface area contributed by atoms with Crippen LogP contribution in [-0.4, -0.2) is 23.8 Å². The van der Waals surface area contributed by atoms with Gasteiger partial charge in [0.25, 0.3) is 0 Å². The molecule has 1 atom stereocenters. The predicted molar refractivity (Wildman–Crippen MR) is 60.0 cm³/mol. The molecule has 1 N–H and O–H groups in total. The van der Waals surface area contributed by atoms with Gasteiger partial charge in [-0.15, -0.1) is 0 Å². The van der Waals surface area contributed by atoms with Crippen LogP contribution < -0.4 is 9.47 Å². The van der Waals surface area contributed by atoms with Crippen LogP contribution >= 0.6 is 0 Å². The molecule has 88 valence electrons. The zero-order valence-corrected chi connectivity index (χ0v) is 9.47. The monoisotopic (exact) mass is 224 g/mol. The van der Waals surface area contributed by atoms with E-state index in [-0.39, 0.29) is 12.7 Å². The molecule has 1 rings (SSSR count). The van der Waals surface area contributed by atoms with Gasteiger partial charge in [0.1, 0.15) is 11.5 Å². The Morgan fingerprint density at radius 3 is 2.38 bits per heavy atom. The Kier molecular flexibility index (Phi) is 4.64. The summed E-state index contributed by atoms with van der Waals surface area (Å²) in [5.74, 6) is 0.302. The van der Waals surface area contributed by atoms with Crippen LogP contribution in [0.5, 0.6) is 11.5 Å². The minimum atomic E-state index is -0.986. The second-order valence-corrected chi connectivity index (χ2v) is 3.49. The lowest BCUT2D eigenvalue weighted by Gasteiger charge is -2.12. The summed E-state index contributed by atoms with van der Waals surface area (Å²) >= 11 is 0. The quantitative estimate of drug-likeness (QED) is 0.805. The molecule has 0 saturated carbocycles. The van der Waals surface area contributed by atoms with Gasteiger partial charge in [-0.2, -0.15) is 0 Å². The molecule has 0 saturated heterocycles. The standard InChI is InChI=1S/C12H16O4/c1-3-9(2)16-11-6-4-10(5-7-11)15-8-12(13)14/h4-7,9H,3,8H2,1-2H3,(H,13,14)/t9-/m1/s1. The van der Waals surface area contributed by atoms with Crippen molar-refractivity contribution in [2.75, 3.05) is 6.61 Å². The summed E-state index contributed by atoms with van der Waals surface area (Å²) in [5.41, 5.74) is 0. The summed E-state index contributed by atoms with van der Waals surface area (Å²) in [5, 5.41) is 8.43. The van der Waals surface area contributed by atoms with E-state index < -0.39 is 5.97 Å². The fraction of sp³-hybridized carbons (Fsp3) is 0.417. The average molecular weight is 224 g/mol. The fourth-order valence-electron chi connectivity index (χ4n) is 1.08. The third kappa shape index (κ3) is 4.21. The fourth-order valence-corrected chi connectivity index (χ4v) is 1.08. The van der Waals surface area contributed by atoms with E-state index in [9.17, 15) is 4.79 Å². The maximum atomic E-state index is 10.3. The number of rotatable bonds is 6. The van der Waals surface area contributed by atoms with Crippen molar-refractivity contribution in [1.29, 1.82) is 0 Å². The molecule has 0 aliphatic rings. The van der Waals surface area contributed by atoms with Crippen LogP contribution in [0.1, 0.15) is 20.3 Å². The molecule has 0 radical (unpaired) electrons. The first-order chi connectivity index (χ1) is 7.61. The van der Waals surface area contributed by atoms with Crippen molar-refractivity contribution in [3.8, 4) is 11.5 Å². The first kappa shape index (κ1) is 12.4. The SMILES string of the molecule is CC[C@@H](C)Oc1ccc(OCC(=O)O)cc1. The molecule has 0 spiro atoms. The topological polar surface area (TPSA) is 55.8 Å². The molecule has 1 aromatic carbocycles. The Labute approximate surface area is 94.8 Å². The Hall–Kier alpha value is -1.71. The van der Waals surface area contributed by atoms with Crippen LogP contribution in [0.4, 0.5) is 0 Å². The first-order valence-electron chi connectivity index (χ1n) is 5.23. The number of ether oxygens (including phenoxy) is 2. The highest BCUT2D eigenvalue weighted by atomic mass is 16.5. The Balaban J connectivity index is 2.50. The van der Waals surface area contributed by atoms with E-state index in [0.717, 1.165) is 12.2 Å². The highest BCUT2D eigenvalue weighted by molar-refractivity contribution is 5.68. The minimum Gasteiger partial charge on any atom is -0.491 e. The molecule has 0 aromatic heterocycles. The lowest BCUT2D eigenvalue weighted by Crippen LogP contribution is -2.10. The predicted octanol–water partition coefficient (Wildman–Crippen LogP) is 2.33. The van der Waals surface area contributed by atoms with E-state index in [1.807, 2.05) is 6.92 Å². The van der Waals surface area contributed by atoms with E-state index >= 15 is 0 Å². The Bertz CT molecular complexity index is 331. The summed E-state index contributed by atoms with van der Waals surface area (Å²) in [6, 6.07) is 6.92. The molecule has 16 heavy (non-hydrogen) atoms. The van der Waals surface area contributed by atoms with Crippen LogP contribution in [0.15, 0.2) is 24.3 Å². The zero-order chi connectivity index (χ0) is 12.0. The van der Waals surface area contributed by atoms with Crippen molar-refractivity contribution < 1.29 is 19.4 Å². The molecule has 0 unspecified atom stereocenters. The Morgan fingerprint density at radius 1 is 1.31 bits per heavy atom. The van der Waals surface area contributed by atoms with Gasteiger partial charge in [-0.3, -0.25) is 0 Å². The number of carboxylic acid groups (broad SMARTS) is 1. The smallest absolute Gasteiger partial charge is 0.341 e. The van der Waals surface area contributed by atoms with Crippen LogP contribution in [0.3, 0.4) is 0 Å². The van der Waals surface area contributed by atoms with Crippen molar-refractivity contribution in [1.82, 2.24) is 0 Å². The summed E-state index contributed by atoms with van der Waals surface area (Å²) in [7, 11) is 0. The summed E-state index contributed by atoms with van der Waals surface area (Å²) < 4.78 is 10.6. The van der Waals surface area contributed by atoms with Crippen molar-refractivity contribution in [3.05, 3.63) is 24.3 Å². The van der Waals surface area contributed by atoms with Gasteiger partial charge in [-0.05, 0) is 37.6 Å². The number of hydrogen-bond donors (Lipinski definition) is 1. The second kappa shape index (κ2) is 6.00. The molecule has 0 aliphatic carbocycles. The van der Waals surface area contributed by atoms with Gasteiger partial charge in [0, 0.05) is 0 Å². The largest absolute Gasteiger partial charge is 0.491 e. The maximum Gasteiger partial charge on any atom is 0.341 e. The zero-order valence-electron chi connectivity index (χ0n) is 9.47. The molecular weight excluding hydrogens is 208 g/mol. The second-order valence-electron chi connectivity index (χ2n) is 3.49. The van der Waals surface area contributed by atoms with E-state index in [1.54, 1.807) is 24.3 Å². The average Bonchev–Trinajstić information content (AvgIpc) is 2.28. The van der Waals surface area contributed by atoms with Gasteiger partial charge in [-0.25, -0.2) is 4.79 Å².